The molecule has 0 atom stereocenters. The van der Waals surface area contributed by atoms with Gasteiger partial charge in [0.2, 0.25) is 0 Å². The van der Waals surface area contributed by atoms with Crippen molar-refractivity contribution in [2.45, 2.75) is 26.2 Å². The second kappa shape index (κ2) is 8.49. The van der Waals surface area contributed by atoms with Gasteiger partial charge in [-0.1, -0.05) is 25.1 Å². The van der Waals surface area contributed by atoms with Crippen LogP contribution in [0.4, 0.5) is 15.8 Å². The first-order valence-corrected chi connectivity index (χ1v) is 10.2. The van der Waals surface area contributed by atoms with Gasteiger partial charge in [-0.3, -0.25) is 9.59 Å². The molecule has 1 aliphatic heterocycles. The molecule has 0 saturated heterocycles. The van der Waals surface area contributed by atoms with Gasteiger partial charge in [-0.15, -0.1) is 0 Å². The number of benzene rings is 3. The van der Waals surface area contributed by atoms with Crippen molar-refractivity contribution in [2.75, 3.05) is 16.8 Å². The highest BCUT2D eigenvalue weighted by Crippen LogP contribution is 2.34. The highest BCUT2D eigenvalue weighted by atomic mass is 19.1. The molecule has 0 spiro atoms. The lowest BCUT2D eigenvalue weighted by atomic mass is 9.98. The Morgan fingerprint density at radius 3 is 2.37 bits per heavy atom. The fourth-order valence-electron chi connectivity index (χ4n) is 3.79. The Bertz CT molecular complexity index is 1080. The molecule has 30 heavy (non-hydrogen) atoms. The van der Waals surface area contributed by atoms with E-state index >= 15 is 0 Å². The van der Waals surface area contributed by atoms with Crippen LogP contribution in [0, 0.1) is 5.82 Å². The normalized spacial score (nSPS) is 12.9. The third-order valence-corrected chi connectivity index (χ3v) is 5.46. The first-order chi connectivity index (χ1) is 14.6. The number of anilines is 2. The van der Waals surface area contributed by atoms with Crippen LogP contribution in [0.5, 0.6) is 0 Å². The lowest BCUT2D eigenvalue weighted by Gasteiger charge is -2.31. The fourth-order valence-corrected chi connectivity index (χ4v) is 3.79. The summed E-state index contributed by atoms with van der Waals surface area (Å²) in [5.41, 5.74) is 4.67. The monoisotopic (exact) mass is 402 g/mol. The van der Waals surface area contributed by atoms with Gasteiger partial charge in [0.1, 0.15) is 5.82 Å². The van der Waals surface area contributed by atoms with E-state index in [1.54, 1.807) is 4.90 Å². The molecule has 5 heteroatoms. The van der Waals surface area contributed by atoms with Crippen LogP contribution in [-0.4, -0.2) is 18.4 Å². The van der Waals surface area contributed by atoms with E-state index in [2.05, 4.69) is 12.2 Å². The van der Waals surface area contributed by atoms with Crippen molar-refractivity contribution in [1.82, 2.24) is 0 Å². The van der Waals surface area contributed by atoms with Gasteiger partial charge in [0, 0.05) is 29.0 Å². The van der Waals surface area contributed by atoms with Crippen molar-refractivity contribution in [3.8, 4) is 0 Å². The van der Waals surface area contributed by atoms with Crippen LogP contribution in [0.3, 0.4) is 0 Å². The molecule has 0 fully saturated rings. The zero-order chi connectivity index (χ0) is 21.1. The lowest BCUT2D eigenvalue weighted by molar-refractivity contribution is 0.0984. The maximum atomic E-state index is 13.2. The largest absolute Gasteiger partial charge is 0.322 e. The van der Waals surface area contributed by atoms with Crippen molar-refractivity contribution in [3.63, 3.8) is 0 Å². The van der Waals surface area contributed by atoms with Crippen molar-refractivity contribution in [2.24, 2.45) is 0 Å². The highest BCUT2D eigenvalue weighted by Gasteiger charge is 2.25. The number of aryl methyl sites for hydroxylation is 1. The molecule has 1 heterocycles. The van der Waals surface area contributed by atoms with Crippen LogP contribution in [0.2, 0.25) is 0 Å². The third-order valence-electron chi connectivity index (χ3n) is 5.46. The van der Waals surface area contributed by atoms with Gasteiger partial charge < -0.3 is 10.2 Å². The molecule has 1 aliphatic rings. The second-order valence-electron chi connectivity index (χ2n) is 7.38. The molecule has 0 aromatic heterocycles. The van der Waals surface area contributed by atoms with Crippen molar-refractivity contribution in [3.05, 3.63) is 94.8 Å². The number of nitrogens with zero attached hydrogens (tertiary/aromatic N) is 1. The maximum absolute atomic E-state index is 13.2. The number of hydrogen-bond donors (Lipinski definition) is 1. The predicted molar refractivity (Wildman–Crippen MR) is 117 cm³/mol. The summed E-state index contributed by atoms with van der Waals surface area (Å²) in [5, 5.41) is 2.92. The average Bonchev–Trinajstić information content (AvgIpc) is 2.79. The van der Waals surface area contributed by atoms with Gasteiger partial charge in [-0.05, 0) is 78.9 Å². The molecule has 0 unspecified atom stereocenters. The summed E-state index contributed by atoms with van der Waals surface area (Å²) >= 11 is 0. The van der Waals surface area contributed by atoms with Crippen molar-refractivity contribution >= 4 is 23.2 Å². The molecule has 0 radical (unpaired) electrons. The molecule has 152 valence electrons. The van der Waals surface area contributed by atoms with E-state index < -0.39 is 0 Å². The van der Waals surface area contributed by atoms with Gasteiger partial charge in [-0.2, -0.15) is 0 Å². The molecule has 4 rings (SSSR count). The van der Waals surface area contributed by atoms with Crippen LogP contribution in [0.25, 0.3) is 0 Å². The SMILES string of the molecule is CCc1ccc(C(=O)N2CCCc3c(NC(=O)c4ccc(F)cc4)cccc32)cc1. The van der Waals surface area contributed by atoms with Crippen LogP contribution < -0.4 is 10.2 Å². The Balaban J connectivity index is 1.60. The number of nitrogens with one attached hydrogen (secondary N) is 1. The molecule has 2 amide bonds. The predicted octanol–water partition coefficient (Wildman–Crippen LogP) is 5.23. The molecule has 0 aliphatic carbocycles. The zero-order valence-corrected chi connectivity index (χ0v) is 16.8. The van der Waals surface area contributed by atoms with Crippen LogP contribution >= 0.6 is 0 Å². The summed E-state index contributed by atoms with van der Waals surface area (Å²) in [7, 11) is 0. The number of carbonyl (C=O) groups excluding carboxylic acids is 2. The van der Waals surface area contributed by atoms with Gasteiger partial charge in [0.05, 0.1) is 0 Å². The first-order valence-electron chi connectivity index (χ1n) is 10.2. The number of halogens is 1. The minimum absolute atomic E-state index is 0.0411. The summed E-state index contributed by atoms with van der Waals surface area (Å²) in [6.45, 7) is 2.72. The quantitative estimate of drug-likeness (QED) is 0.649. The van der Waals surface area contributed by atoms with E-state index in [1.807, 2.05) is 42.5 Å². The molecule has 0 saturated carbocycles. The number of hydrogen-bond acceptors (Lipinski definition) is 2. The minimum atomic E-state index is -0.384. The first kappa shape index (κ1) is 19.8. The lowest BCUT2D eigenvalue weighted by Crippen LogP contribution is -2.35. The third kappa shape index (κ3) is 3.96. The van der Waals surface area contributed by atoms with Gasteiger partial charge in [0.15, 0.2) is 0 Å². The van der Waals surface area contributed by atoms with E-state index in [1.165, 1.54) is 29.8 Å². The standard InChI is InChI=1S/C25H23FN2O2/c1-2-17-8-10-19(11-9-17)25(30)28-16-4-5-21-22(6-3-7-23(21)28)27-24(29)18-12-14-20(26)15-13-18/h3,6-15H,2,4-5,16H2,1H3,(H,27,29). The van der Waals surface area contributed by atoms with Crippen LogP contribution in [-0.2, 0) is 12.8 Å². The molecule has 1 N–H and O–H groups in total. The highest BCUT2D eigenvalue weighted by molar-refractivity contribution is 6.08. The van der Waals surface area contributed by atoms with Crippen molar-refractivity contribution < 1.29 is 14.0 Å². The Labute approximate surface area is 175 Å². The summed E-state index contributed by atoms with van der Waals surface area (Å²) in [6.07, 6.45) is 2.51. The zero-order valence-electron chi connectivity index (χ0n) is 16.8. The molecule has 3 aromatic carbocycles. The van der Waals surface area contributed by atoms with E-state index in [0.29, 0.717) is 23.4 Å². The minimum Gasteiger partial charge on any atom is -0.322 e. The maximum Gasteiger partial charge on any atom is 0.258 e. The summed E-state index contributed by atoms with van der Waals surface area (Å²) in [5.74, 6) is -0.729. The van der Waals surface area contributed by atoms with E-state index in [-0.39, 0.29) is 17.6 Å². The fraction of sp³-hybridized carbons (Fsp3) is 0.200. The topological polar surface area (TPSA) is 49.4 Å². The Morgan fingerprint density at radius 1 is 0.967 bits per heavy atom. The van der Waals surface area contributed by atoms with Crippen LogP contribution in [0.15, 0.2) is 66.7 Å². The Morgan fingerprint density at radius 2 is 1.67 bits per heavy atom. The van der Waals surface area contributed by atoms with E-state index in [9.17, 15) is 14.0 Å². The van der Waals surface area contributed by atoms with E-state index in [0.717, 1.165) is 30.5 Å². The molecule has 3 aromatic rings. The van der Waals surface area contributed by atoms with Gasteiger partial charge >= 0.3 is 0 Å². The number of fused-ring (bicyclic) bond motifs is 1. The summed E-state index contributed by atoms with van der Waals surface area (Å²) < 4.78 is 13.1. The van der Waals surface area contributed by atoms with Crippen molar-refractivity contribution in [1.29, 1.82) is 0 Å². The van der Waals surface area contributed by atoms with E-state index in [4.69, 9.17) is 0 Å². The Kier molecular flexibility index (Phi) is 5.61. The second-order valence-corrected chi connectivity index (χ2v) is 7.38. The summed E-state index contributed by atoms with van der Waals surface area (Å²) in [4.78, 5) is 27.5. The molecule has 0 bridgehead atoms. The molecule has 4 nitrogen and oxygen atoms in total. The Hall–Kier alpha value is -3.47. The molecular formula is C25H23FN2O2. The summed E-state index contributed by atoms with van der Waals surface area (Å²) in [6, 6.07) is 18.7. The van der Waals surface area contributed by atoms with Crippen LogP contribution in [0.1, 0.15) is 45.2 Å². The number of carbonyl (C=O) groups is 2. The van der Waals surface area contributed by atoms with Gasteiger partial charge in [-0.25, -0.2) is 4.39 Å². The van der Waals surface area contributed by atoms with Gasteiger partial charge in [0.25, 0.3) is 11.8 Å². The average molecular weight is 402 g/mol. The number of amides is 2. The smallest absolute Gasteiger partial charge is 0.258 e. The number of rotatable bonds is 4. The molecular weight excluding hydrogens is 379 g/mol.